The van der Waals surface area contributed by atoms with Gasteiger partial charge < -0.3 is 15.8 Å². The van der Waals surface area contributed by atoms with Gasteiger partial charge in [-0.2, -0.15) is 4.99 Å². The maximum atomic E-state index is 12.0. The number of rotatable bonds is 6. The third-order valence-electron chi connectivity index (χ3n) is 3.35. The van der Waals surface area contributed by atoms with Gasteiger partial charge in [0.05, 0.1) is 13.5 Å². The van der Waals surface area contributed by atoms with Crippen LogP contribution in [0.1, 0.15) is 11.1 Å². The van der Waals surface area contributed by atoms with Gasteiger partial charge in [0.2, 0.25) is 0 Å². The van der Waals surface area contributed by atoms with E-state index in [0.29, 0.717) is 0 Å². The van der Waals surface area contributed by atoms with Crippen molar-refractivity contribution in [2.45, 2.75) is 13.3 Å². The third kappa shape index (κ3) is 5.28. The molecule has 0 aliphatic rings. The molecule has 3 N–H and O–H groups in total. The molecular weight excluding hydrogens is 302 g/mol. The molecule has 0 aliphatic carbocycles. The van der Waals surface area contributed by atoms with E-state index in [4.69, 9.17) is 10.5 Å². The first-order valence-corrected chi connectivity index (χ1v) is 7.57. The number of ether oxygens (including phenoxy) is 1. The lowest BCUT2D eigenvalue weighted by molar-refractivity contribution is -0.117. The van der Waals surface area contributed by atoms with Crippen molar-refractivity contribution < 1.29 is 9.53 Å². The number of anilines is 1. The first-order valence-electron chi connectivity index (χ1n) is 7.57. The van der Waals surface area contributed by atoms with Crippen molar-refractivity contribution in [2.75, 3.05) is 12.4 Å². The fourth-order valence-corrected chi connectivity index (χ4v) is 2.20. The van der Waals surface area contributed by atoms with Gasteiger partial charge in [-0.05, 0) is 42.3 Å². The Bertz CT molecular complexity index is 752. The van der Waals surface area contributed by atoms with E-state index in [2.05, 4.69) is 10.3 Å². The predicted molar refractivity (Wildman–Crippen MR) is 97.3 cm³/mol. The van der Waals surface area contributed by atoms with Crippen LogP contribution >= 0.6 is 0 Å². The summed E-state index contributed by atoms with van der Waals surface area (Å²) in [6.45, 7) is 1.93. The van der Waals surface area contributed by atoms with Crippen LogP contribution in [-0.4, -0.2) is 18.9 Å². The van der Waals surface area contributed by atoms with E-state index in [-0.39, 0.29) is 18.2 Å². The van der Waals surface area contributed by atoms with Gasteiger partial charge in [0.1, 0.15) is 11.6 Å². The highest BCUT2D eigenvalue weighted by Crippen LogP contribution is 2.18. The number of methoxy groups -OCH3 is 1. The van der Waals surface area contributed by atoms with Crippen molar-refractivity contribution in [1.82, 2.24) is 0 Å². The molecular formula is C19H21N3O2. The van der Waals surface area contributed by atoms with Crippen LogP contribution in [0.4, 0.5) is 5.69 Å². The van der Waals surface area contributed by atoms with E-state index in [1.807, 2.05) is 55.5 Å². The molecule has 0 atom stereocenters. The van der Waals surface area contributed by atoms with Gasteiger partial charge in [0.15, 0.2) is 0 Å². The molecule has 0 radical (unpaired) electrons. The number of nitrogens with one attached hydrogen (secondary N) is 1. The van der Waals surface area contributed by atoms with Crippen molar-refractivity contribution in [3.63, 3.8) is 0 Å². The molecule has 0 saturated carbocycles. The molecule has 124 valence electrons. The minimum Gasteiger partial charge on any atom is -0.496 e. The SMILES string of the molecule is COc1ccc(CC(=O)N=C(N)/C=C\Nc2ccccc2)cc1C. The van der Waals surface area contributed by atoms with E-state index >= 15 is 0 Å². The van der Waals surface area contributed by atoms with Gasteiger partial charge in [-0.25, -0.2) is 0 Å². The first-order chi connectivity index (χ1) is 11.6. The lowest BCUT2D eigenvalue weighted by Crippen LogP contribution is -2.13. The highest BCUT2D eigenvalue weighted by Gasteiger charge is 2.05. The molecule has 0 bridgehead atoms. The minimum atomic E-state index is -0.290. The molecule has 0 heterocycles. The summed E-state index contributed by atoms with van der Waals surface area (Å²) in [7, 11) is 1.62. The largest absolute Gasteiger partial charge is 0.496 e. The summed E-state index contributed by atoms with van der Waals surface area (Å²) in [5.41, 5.74) is 8.54. The third-order valence-corrected chi connectivity index (χ3v) is 3.35. The predicted octanol–water partition coefficient (Wildman–Crippen LogP) is 3.06. The molecule has 5 heteroatoms. The molecule has 2 aromatic carbocycles. The first kappa shape index (κ1) is 17.3. The Balaban J connectivity index is 1.92. The number of amidine groups is 1. The normalized spacial score (nSPS) is 11.5. The lowest BCUT2D eigenvalue weighted by atomic mass is 10.1. The van der Waals surface area contributed by atoms with Gasteiger partial charge >= 0.3 is 0 Å². The number of nitrogens with zero attached hydrogens (tertiary/aromatic N) is 1. The zero-order valence-electron chi connectivity index (χ0n) is 13.8. The number of para-hydroxylation sites is 1. The van der Waals surface area contributed by atoms with Crippen molar-refractivity contribution in [3.8, 4) is 5.75 Å². The summed E-state index contributed by atoms with van der Waals surface area (Å²) in [5, 5.41) is 3.05. The quantitative estimate of drug-likeness (QED) is 0.633. The average Bonchev–Trinajstić information content (AvgIpc) is 2.56. The second kappa shape index (κ2) is 8.53. The number of hydrogen-bond acceptors (Lipinski definition) is 3. The van der Waals surface area contributed by atoms with Gasteiger partial charge in [0, 0.05) is 11.9 Å². The Morgan fingerprint density at radius 2 is 2.00 bits per heavy atom. The maximum Gasteiger partial charge on any atom is 0.252 e. The zero-order chi connectivity index (χ0) is 17.4. The zero-order valence-corrected chi connectivity index (χ0v) is 13.8. The number of amides is 1. The Kier molecular flexibility index (Phi) is 6.14. The van der Waals surface area contributed by atoms with Crippen LogP contribution < -0.4 is 15.8 Å². The van der Waals surface area contributed by atoms with Crippen LogP contribution in [0.15, 0.2) is 65.8 Å². The monoisotopic (exact) mass is 323 g/mol. The van der Waals surface area contributed by atoms with Crippen LogP contribution in [0.25, 0.3) is 0 Å². The lowest BCUT2D eigenvalue weighted by Gasteiger charge is -2.06. The molecule has 0 spiro atoms. The number of aryl methyl sites for hydroxylation is 1. The number of benzene rings is 2. The van der Waals surface area contributed by atoms with E-state index in [1.165, 1.54) is 0 Å². The Labute approximate surface area is 141 Å². The molecule has 2 rings (SSSR count). The van der Waals surface area contributed by atoms with Crippen LogP contribution in [0.5, 0.6) is 5.75 Å². The van der Waals surface area contributed by atoms with E-state index < -0.39 is 0 Å². The Morgan fingerprint density at radius 1 is 1.25 bits per heavy atom. The number of aliphatic imine (C=N–C) groups is 1. The molecule has 0 aromatic heterocycles. The highest BCUT2D eigenvalue weighted by molar-refractivity contribution is 6.00. The van der Waals surface area contributed by atoms with Crippen molar-refractivity contribution in [3.05, 3.63) is 71.9 Å². The van der Waals surface area contributed by atoms with Gasteiger partial charge in [0.25, 0.3) is 5.91 Å². The summed E-state index contributed by atoms with van der Waals surface area (Å²) in [6.07, 6.45) is 3.41. The minimum absolute atomic E-state index is 0.161. The van der Waals surface area contributed by atoms with Gasteiger partial charge in [-0.3, -0.25) is 4.79 Å². The number of carbonyl (C=O) groups is 1. The number of carbonyl (C=O) groups excluding carboxylic acids is 1. The smallest absolute Gasteiger partial charge is 0.252 e. The summed E-state index contributed by atoms with van der Waals surface area (Å²) in [5.74, 6) is 0.666. The Morgan fingerprint density at radius 3 is 2.67 bits per heavy atom. The standard InChI is InChI=1S/C19H21N3O2/c1-14-12-15(8-9-17(14)24-2)13-19(23)22-18(20)10-11-21-16-6-4-3-5-7-16/h3-12,21H,13H2,1-2H3,(H2,20,22,23)/b11-10-. The van der Waals surface area contributed by atoms with Gasteiger partial charge in [-0.1, -0.05) is 30.3 Å². The van der Waals surface area contributed by atoms with E-state index in [0.717, 1.165) is 22.6 Å². The van der Waals surface area contributed by atoms with Crippen molar-refractivity contribution >= 4 is 17.4 Å². The second-order valence-corrected chi connectivity index (χ2v) is 5.25. The molecule has 0 unspecified atom stereocenters. The highest BCUT2D eigenvalue weighted by atomic mass is 16.5. The van der Waals surface area contributed by atoms with Gasteiger partial charge in [-0.15, -0.1) is 0 Å². The summed E-state index contributed by atoms with van der Waals surface area (Å²) < 4.78 is 5.20. The average molecular weight is 323 g/mol. The molecule has 2 aromatic rings. The topological polar surface area (TPSA) is 76.7 Å². The summed E-state index contributed by atoms with van der Waals surface area (Å²) in [4.78, 5) is 15.8. The van der Waals surface area contributed by atoms with Crippen LogP contribution in [-0.2, 0) is 11.2 Å². The van der Waals surface area contributed by atoms with E-state index in [1.54, 1.807) is 19.4 Å². The van der Waals surface area contributed by atoms with Crippen LogP contribution in [0.3, 0.4) is 0 Å². The number of hydrogen-bond donors (Lipinski definition) is 2. The Hall–Kier alpha value is -3.08. The molecule has 1 amide bonds. The number of nitrogens with two attached hydrogens (primary N) is 1. The fourth-order valence-electron chi connectivity index (χ4n) is 2.20. The van der Waals surface area contributed by atoms with Crippen LogP contribution in [0, 0.1) is 6.92 Å². The maximum absolute atomic E-state index is 12.0. The van der Waals surface area contributed by atoms with E-state index in [9.17, 15) is 4.79 Å². The van der Waals surface area contributed by atoms with Crippen molar-refractivity contribution in [1.29, 1.82) is 0 Å². The summed E-state index contributed by atoms with van der Waals surface area (Å²) >= 11 is 0. The molecule has 0 saturated heterocycles. The van der Waals surface area contributed by atoms with Crippen LogP contribution in [0.2, 0.25) is 0 Å². The second-order valence-electron chi connectivity index (χ2n) is 5.25. The summed E-state index contributed by atoms with van der Waals surface area (Å²) in [6, 6.07) is 15.2. The molecule has 0 fully saturated rings. The fraction of sp³-hybridized carbons (Fsp3) is 0.158. The molecule has 0 aliphatic heterocycles. The van der Waals surface area contributed by atoms with Crippen molar-refractivity contribution in [2.24, 2.45) is 10.7 Å². The molecule has 5 nitrogen and oxygen atoms in total. The molecule has 24 heavy (non-hydrogen) atoms.